The van der Waals surface area contributed by atoms with Crippen LogP contribution in [0, 0.1) is 0 Å². The zero-order valence-corrected chi connectivity index (χ0v) is 10.1. The van der Waals surface area contributed by atoms with E-state index in [1.54, 1.807) is 6.92 Å². The van der Waals surface area contributed by atoms with Gasteiger partial charge in [-0.25, -0.2) is 0 Å². The van der Waals surface area contributed by atoms with Crippen LogP contribution in [0.2, 0.25) is 0 Å². The number of Topliss-reactive ketones (excluding diaryl/α,β-unsaturated/α-hetero) is 1. The number of carbonyl (C=O) groups is 2. The molecule has 0 radical (unpaired) electrons. The van der Waals surface area contributed by atoms with Crippen molar-refractivity contribution >= 4 is 23.1 Å². The number of nitrogens with zero attached hydrogens (tertiary/aromatic N) is 1. The van der Waals surface area contributed by atoms with Crippen molar-refractivity contribution in [2.75, 3.05) is 16.8 Å². The van der Waals surface area contributed by atoms with Crippen molar-refractivity contribution in [2.24, 2.45) is 0 Å². The zero-order chi connectivity index (χ0) is 12.4. The highest BCUT2D eigenvalue weighted by Crippen LogP contribution is 2.31. The second-order valence-corrected chi connectivity index (χ2v) is 4.33. The van der Waals surface area contributed by atoms with Crippen molar-refractivity contribution in [3.63, 3.8) is 0 Å². The van der Waals surface area contributed by atoms with Gasteiger partial charge in [0.25, 0.3) is 0 Å². The Labute approximate surface area is 101 Å². The number of ketones is 1. The summed E-state index contributed by atoms with van der Waals surface area (Å²) in [5, 5.41) is 2.86. The van der Waals surface area contributed by atoms with Crippen LogP contribution in [0.3, 0.4) is 0 Å². The molecule has 0 aliphatic carbocycles. The molecule has 0 bridgehead atoms. The maximum atomic E-state index is 11.8. The van der Waals surface area contributed by atoms with E-state index >= 15 is 0 Å². The predicted octanol–water partition coefficient (Wildman–Crippen LogP) is 1.81. The monoisotopic (exact) mass is 232 g/mol. The molecule has 1 N–H and O–H groups in total. The minimum absolute atomic E-state index is 0.0211. The van der Waals surface area contributed by atoms with Crippen LogP contribution in [0.15, 0.2) is 24.3 Å². The highest BCUT2D eigenvalue weighted by Gasteiger charge is 2.28. The van der Waals surface area contributed by atoms with Crippen LogP contribution < -0.4 is 10.2 Å². The number of anilines is 2. The molecule has 1 aliphatic heterocycles. The van der Waals surface area contributed by atoms with Gasteiger partial charge in [0.2, 0.25) is 5.91 Å². The number of hydrogen-bond donors (Lipinski definition) is 1. The fourth-order valence-corrected chi connectivity index (χ4v) is 2.01. The Balaban J connectivity index is 2.28. The van der Waals surface area contributed by atoms with Gasteiger partial charge in [-0.1, -0.05) is 12.1 Å². The lowest BCUT2D eigenvalue weighted by atomic mass is 10.1. The molecule has 0 spiro atoms. The molecule has 0 aromatic heterocycles. The number of fused-ring (bicyclic) bond motifs is 1. The van der Waals surface area contributed by atoms with Crippen molar-refractivity contribution in [1.29, 1.82) is 0 Å². The normalized spacial score (nSPS) is 18.6. The van der Waals surface area contributed by atoms with Gasteiger partial charge in [-0.3, -0.25) is 9.59 Å². The van der Waals surface area contributed by atoms with Gasteiger partial charge in [0, 0.05) is 13.0 Å². The van der Waals surface area contributed by atoms with Crippen LogP contribution in [0.4, 0.5) is 11.4 Å². The highest BCUT2D eigenvalue weighted by atomic mass is 16.2. The van der Waals surface area contributed by atoms with E-state index in [1.807, 2.05) is 36.1 Å². The second kappa shape index (κ2) is 4.57. The first-order chi connectivity index (χ1) is 8.09. The summed E-state index contributed by atoms with van der Waals surface area (Å²) in [6, 6.07) is 7.43. The summed E-state index contributed by atoms with van der Waals surface area (Å²) in [6.07, 6.45) is 0.464. The van der Waals surface area contributed by atoms with Crippen LogP contribution in [0.25, 0.3) is 0 Å². The molecule has 4 heteroatoms. The molecule has 0 fully saturated rings. The molecule has 1 unspecified atom stereocenters. The summed E-state index contributed by atoms with van der Waals surface area (Å²) in [7, 11) is 0. The third-order valence-electron chi connectivity index (χ3n) is 3.02. The summed E-state index contributed by atoms with van der Waals surface area (Å²) in [6.45, 7) is 4.01. The molecular formula is C13H16N2O2. The molecule has 1 aromatic carbocycles. The Morgan fingerprint density at radius 1 is 1.41 bits per heavy atom. The number of amides is 1. The third-order valence-corrected chi connectivity index (χ3v) is 3.02. The van der Waals surface area contributed by atoms with Crippen LogP contribution in [-0.4, -0.2) is 24.3 Å². The summed E-state index contributed by atoms with van der Waals surface area (Å²) in [4.78, 5) is 24.8. The van der Waals surface area contributed by atoms with Crippen molar-refractivity contribution in [3.05, 3.63) is 24.3 Å². The lowest BCUT2D eigenvalue weighted by Gasteiger charge is -2.36. The fourth-order valence-electron chi connectivity index (χ4n) is 2.01. The molecule has 1 aromatic rings. The van der Waals surface area contributed by atoms with E-state index in [0.717, 1.165) is 11.4 Å². The zero-order valence-electron chi connectivity index (χ0n) is 10.1. The van der Waals surface area contributed by atoms with Gasteiger partial charge in [0.1, 0.15) is 11.8 Å². The standard InChI is InChI=1S/C13H16N2O2/c1-9(16)7-8-15-10(2)13(17)14-11-5-3-4-6-12(11)15/h3-6,10H,7-8H2,1-2H3,(H,14,17). The predicted molar refractivity (Wildman–Crippen MR) is 67.2 cm³/mol. The largest absolute Gasteiger partial charge is 0.358 e. The first-order valence-electron chi connectivity index (χ1n) is 5.75. The molecule has 4 nitrogen and oxygen atoms in total. The van der Waals surface area contributed by atoms with Gasteiger partial charge in [-0.15, -0.1) is 0 Å². The van der Waals surface area contributed by atoms with Crippen molar-refractivity contribution in [1.82, 2.24) is 0 Å². The number of para-hydroxylation sites is 2. The number of hydrogen-bond acceptors (Lipinski definition) is 3. The second-order valence-electron chi connectivity index (χ2n) is 4.33. The third kappa shape index (κ3) is 2.30. The average molecular weight is 232 g/mol. The Hall–Kier alpha value is -1.84. The topological polar surface area (TPSA) is 49.4 Å². The average Bonchev–Trinajstić information content (AvgIpc) is 2.29. The lowest BCUT2D eigenvalue weighted by Crippen LogP contribution is -2.46. The van der Waals surface area contributed by atoms with E-state index in [4.69, 9.17) is 0 Å². The van der Waals surface area contributed by atoms with Gasteiger partial charge in [-0.05, 0) is 26.0 Å². The Kier molecular flexibility index (Phi) is 3.13. The number of carbonyl (C=O) groups excluding carboxylic acids is 2. The van der Waals surface area contributed by atoms with E-state index in [9.17, 15) is 9.59 Å². The minimum Gasteiger partial charge on any atom is -0.358 e. The molecule has 90 valence electrons. The van der Waals surface area contributed by atoms with E-state index in [1.165, 1.54) is 0 Å². The van der Waals surface area contributed by atoms with Gasteiger partial charge >= 0.3 is 0 Å². The van der Waals surface area contributed by atoms with Crippen LogP contribution in [0.1, 0.15) is 20.3 Å². The Bertz CT molecular complexity index is 456. The Morgan fingerprint density at radius 2 is 2.12 bits per heavy atom. The molecule has 1 amide bonds. The summed E-state index contributed by atoms with van der Waals surface area (Å²) >= 11 is 0. The molecule has 1 aliphatic rings. The van der Waals surface area contributed by atoms with E-state index in [0.29, 0.717) is 13.0 Å². The van der Waals surface area contributed by atoms with Gasteiger partial charge in [-0.2, -0.15) is 0 Å². The molecule has 17 heavy (non-hydrogen) atoms. The van der Waals surface area contributed by atoms with Crippen LogP contribution >= 0.6 is 0 Å². The van der Waals surface area contributed by atoms with Crippen molar-refractivity contribution < 1.29 is 9.59 Å². The molecule has 1 heterocycles. The maximum absolute atomic E-state index is 11.8. The lowest BCUT2D eigenvalue weighted by molar-refractivity contribution is -0.118. The quantitative estimate of drug-likeness (QED) is 0.864. The SMILES string of the molecule is CC(=O)CCN1c2ccccc2NC(=O)C1C. The van der Waals surface area contributed by atoms with Crippen molar-refractivity contribution in [2.45, 2.75) is 26.3 Å². The number of nitrogens with one attached hydrogen (secondary N) is 1. The van der Waals surface area contributed by atoms with Crippen LogP contribution in [0.5, 0.6) is 0 Å². The summed E-state index contributed by atoms with van der Waals surface area (Å²) < 4.78 is 0. The molecule has 1 atom stereocenters. The van der Waals surface area contributed by atoms with E-state index in [-0.39, 0.29) is 17.7 Å². The fraction of sp³-hybridized carbons (Fsp3) is 0.385. The molecule has 2 rings (SSSR count). The van der Waals surface area contributed by atoms with Gasteiger partial charge < -0.3 is 10.2 Å². The van der Waals surface area contributed by atoms with E-state index in [2.05, 4.69) is 5.32 Å². The number of benzene rings is 1. The summed E-state index contributed by atoms with van der Waals surface area (Å²) in [5.41, 5.74) is 1.81. The minimum atomic E-state index is -0.232. The first kappa shape index (κ1) is 11.6. The maximum Gasteiger partial charge on any atom is 0.246 e. The van der Waals surface area contributed by atoms with Gasteiger partial charge in [0.05, 0.1) is 11.4 Å². The molecular weight excluding hydrogens is 216 g/mol. The Morgan fingerprint density at radius 3 is 2.82 bits per heavy atom. The smallest absolute Gasteiger partial charge is 0.246 e. The van der Waals surface area contributed by atoms with Crippen LogP contribution in [-0.2, 0) is 9.59 Å². The van der Waals surface area contributed by atoms with Gasteiger partial charge in [0.15, 0.2) is 0 Å². The van der Waals surface area contributed by atoms with Crippen molar-refractivity contribution in [3.8, 4) is 0 Å². The van der Waals surface area contributed by atoms with E-state index < -0.39 is 0 Å². The summed E-state index contributed by atoms with van der Waals surface area (Å²) in [5.74, 6) is 0.118. The molecule has 0 saturated heterocycles. The molecule has 0 saturated carbocycles. The first-order valence-corrected chi connectivity index (χ1v) is 5.75. The number of rotatable bonds is 3. The highest BCUT2D eigenvalue weighted by molar-refractivity contribution is 6.03.